The minimum Gasteiger partial charge on any atom is -0.310 e. The van der Waals surface area contributed by atoms with Crippen LogP contribution in [0.4, 0.5) is 17.1 Å². The van der Waals surface area contributed by atoms with E-state index in [1.54, 1.807) is 0 Å². The molecule has 1 aliphatic carbocycles. The van der Waals surface area contributed by atoms with Gasteiger partial charge in [0.1, 0.15) is 0 Å². The first-order valence-corrected chi connectivity index (χ1v) is 17.2. The molecule has 0 aliphatic heterocycles. The van der Waals surface area contributed by atoms with E-state index in [9.17, 15) is 5.26 Å². The van der Waals surface area contributed by atoms with Crippen LogP contribution in [0.1, 0.15) is 23.2 Å². The van der Waals surface area contributed by atoms with E-state index in [1.807, 2.05) is 30.3 Å². The van der Waals surface area contributed by atoms with E-state index in [4.69, 9.17) is 0 Å². The molecule has 0 radical (unpaired) electrons. The largest absolute Gasteiger partial charge is 0.310 e. The summed E-state index contributed by atoms with van der Waals surface area (Å²) in [4.78, 5) is 2.30. The minimum absolute atomic E-state index is 0.648. The van der Waals surface area contributed by atoms with Gasteiger partial charge in [-0.2, -0.15) is 5.26 Å². The second-order valence-electron chi connectivity index (χ2n) is 13.2. The quantitative estimate of drug-likeness (QED) is 0.176. The predicted molar refractivity (Wildman–Crippen MR) is 209 cm³/mol. The Morgan fingerprint density at radius 2 is 1.32 bits per heavy atom. The molecule has 0 saturated carbocycles. The maximum Gasteiger partial charge on any atom is 0.0991 e. The van der Waals surface area contributed by atoms with Gasteiger partial charge in [-0.15, -0.1) is 0 Å². The number of fused-ring (bicyclic) bond motifs is 3. The number of para-hydroxylation sites is 2. The van der Waals surface area contributed by atoms with E-state index in [1.165, 1.54) is 71.3 Å². The van der Waals surface area contributed by atoms with Crippen molar-refractivity contribution in [1.82, 2.24) is 4.57 Å². The van der Waals surface area contributed by atoms with E-state index >= 15 is 0 Å². The van der Waals surface area contributed by atoms with E-state index in [0.717, 1.165) is 29.9 Å². The van der Waals surface area contributed by atoms with Crippen LogP contribution in [-0.4, -0.2) is 4.57 Å². The summed E-state index contributed by atoms with van der Waals surface area (Å²) in [7, 11) is 0. The van der Waals surface area contributed by atoms with Gasteiger partial charge in [0.15, 0.2) is 0 Å². The monoisotopic (exact) mass is 637 g/mol. The van der Waals surface area contributed by atoms with E-state index < -0.39 is 0 Å². The molecule has 1 aromatic heterocycles. The molecule has 234 valence electrons. The Balaban J connectivity index is 1.18. The first-order chi connectivity index (χ1) is 24.8. The number of aromatic nitrogens is 1. The fourth-order valence-electron chi connectivity index (χ4n) is 8.20. The molecule has 8 aromatic carbocycles. The second-order valence-corrected chi connectivity index (χ2v) is 13.2. The Morgan fingerprint density at radius 1 is 0.600 bits per heavy atom. The molecule has 0 fully saturated rings. The van der Waals surface area contributed by atoms with Crippen LogP contribution in [0.5, 0.6) is 0 Å². The lowest BCUT2D eigenvalue weighted by Crippen LogP contribution is -2.10. The number of benzene rings is 8. The molecule has 0 amide bonds. The first kappa shape index (κ1) is 28.4. The predicted octanol–water partition coefficient (Wildman–Crippen LogP) is 12.5. The number of nitrogens with zero attached hydrogens (tertiary/aromatic N) is 3. The molecule has 3 nitrogen and oxygen atoms in total. The summed E-state index contributed by atoms with van der Waals surface area (Å²) >= 11 is 0. The number of allylic oxidation sites excluding steroid dienone is 1. The molecule has 0 saturated heterocycles. The van der Waals surface area contributed by atoms with Gasteiger partial charge in [-0.1, -0.05) is 97.1 Å². The maximum absolute atomic E-state index is 9.49. The Labute approximate surface area is 290 Å². The van der Waals surface area contributed by atoms with E-state index in [0.29, 0.717) is 5.56 Å². The van der Waals surface area contributed by atoms with Crippen molar-refractivity contribution in [2.45, 2.75) is 12.8 Å². The molecular weight excluding hydrogens is 607 g/mol. The molecule has 0 unspecified atom stereocenters. The molecule has 0 N–H and O–H groups in total. The molecule has 1 aliphatic rings. The molecule has 1 heterocycles. The van der Waals surface area contributed by atoms with Gasteiger partial charge in [0.2, 0.25) is 0 Å². The summed E-state index contributed by atoms with van der Waals surface area (Å²) in [5.41, 5.74) is 11.4. The Hall–Kier alpha value is -6.63. The fraction of sp³-hybridized carbons (Fsp3) is 0.0426. The standard InChI is InChI=1S/C47H31N3/c48-30-31-17-23-36(24-18-31)49(35-10-2-1-3-11-35)45-28-22-33-20-26-41-38(25-19-32-21-27-42(45)47(33)46(32)41)34-9-8-12-37(29-34)50-43-15-6-4-13-39(43)40-14-5-7-16-44(40)50/h1-4,6-13,15-29H,5,14H2. The van der Waals surface area contributed by atoms with Crippen molar-refractivity contribution in [3.8, 4) is 22.9 Å². The van der Waals surface area contributed by atoms with E-state index in [2.05, 4.69) is 149 Å². The lowest BCUT2D eigenvalue weighted by Gasteiger charge is -2.27. The highest BCUT2D eigenvalue weighted by molar-refractivity contribution is 6.27. The number of hydrogen-bond donors (Lipinski definition) is 0. The van der Waals surface area contributed by atoms with Crippen LogP contribution in [0.25, 0.3) is 66.1 Å². The van der Waals surface area contributed by atoms with Crippen LogP contribution >= 0.6 is 0 Å². The summed E-state index contributed by atoms with van der Waals surface area (Å²) in [6.45, 7) is 0. The van der Waals surface area contributed by atoms with E-state index in [-0.39, 0.29) is 0 Å². The van der Waals surface area contributed by atoms with Crippen LogP contribution in [0.15, 0.2) is 158 Å². The molecule has 0 bridgehead atoms. The van der Waals surface area contributed by atoms with Gasteiger partial charge in [-0.05, 0) is 123 Å². The van der Waals surface area contributed by atoms with Crippen molar-refractivity contribution in [1.29, 1.82) is 5.26 Å². The van der Waals surface area contributed by atoms with Crippen molar-refractivity contribution in [3.05, 3.63) is 175 Å². The number of aryl methyl sites for hydroxylation is 1. The summed E-state index contributed by atoms with van der Waals surface area (Å²) in [5.74, 6) is 0. The van der Waals surface area contributed by atoms with Crippen molar-refractivity contribution in [2.75, 3.05) is 4.90 Å². The van der Waals surface area contributed by atoms with Crippen LogP contribution in [-0.2, 0) is 6.42 Å². The number of anilines is 3. The number of nitriles is 1. The van der Waals surface area contributed by atoms with Gasteiger partial charge in [-0.3, -0.25) is 0 Å². The van der Waals surface area contributed by atoms with Gasteiger partial charge in [0, 0.05) is 33.5 Å². The summed E-state index contributed by atoms with van der Waals surface area (Å²) in [6.07, 6.45) is 6.76. The zero-order valence-corrected chi connectivity index (χ0v) is 27.3. The highest BCUT2D eigenvalue weighted by Crippen LogP contribution is 2.46. The van der Waals surface area contributed by atoms with Crippen molar-refractivity contribution >= 4 is 66.4 Å². The molecule has 50 heavy (non-hydrogen) atoms. The Bertz CT molecular complexity index is 2820. The van der Waals surface area contributed by atoms with Gasteiger partial charge in [0.25, 0.3) is 0 Å². The minimum atomic E-state index is 0.648. The van der Waals surface area contributed by atoms with Gasteiger partial charge in [-0.25, -0.2) is 0 Å². The zero-order chi connectivity index (χ0) is 33.2. The van der Waals surface area contributed by atoms with Crippen molar-refractivity contribution < 1.29 is 0 Å². The lowest BCUT2D eigenvalue weighted by atomic mass is 9.89. The third kappa shape index (κ3) is 4.29. The van der Waals surface area contributed by atoms with Gasteiger partial charge >= 0.3 is 0 Å². The Kier molecular flexibility index (Phi) is 6.37. The van der Waals surface area contributed by atoms with Crippen molar-refractivity contribution in [3.63, 3.8) is 0 Å². The second kappa shape index (κ2) is 11.2. The van der Waals surface area contributed by atoms with Crippen LogP contribution in [0.3, 0.4) is 0 Å². The summed E-state index contributed by atoms with van der Waals surface area (Å²) < 4.78 is 2.44. The molecule has 9 aromatic rings. The van der Waals surface area contributed by atoms with Crippen LogP contribution in [0, 0.1) is 11.3 Å². The highest BCUT2D eigenvalue weighted by atomic mass is 15.1. The SMILES string of the molecule is N#Cc1ccc(N(c2ccccc2)c2ccc3ccc4c(-c5cccc(-n6c7c(c8ccccc86)CCC=C7)c5)ccc5ccc2c3c54)cc1. The highest BCUT2D eigenvalue weighted by Gasteiger charge is 2.21. The molecule has 0 spiro atoms. The third-order valence-electron chi connectivity index (χ3n) is 10.4. The molecular formula is C47H31N3. The smallest absolute Gasteiger partial charge is 0.0991 e. The number of rotatable bonds is 5. The maximum atomic E-state index is 9.49. The molecule has 3 heteroatoms. The summed E-state index contributed by atoms with van der Waals surface area (Å²) in [5, 5.41) is 18.3. The first-order valence-electron chi connectivity index (χ1n) is 17.2. The van der Waals surface area contributed by atoms with Crippen LogP contribution < -0.4 is 4.90 Å². The third-order valence-corrected chi connectivity index (χ3v) is 10.4. The Morgan fingerprint density at radius 3 is 2.16 bits per heavy atom. The normalized spacial score (nSPS) is 12.5. The molecule has 0 atom stereocenters. The van der Waals surface area contributed by atoms with Gasteiger partial charge < -0.3 is 9.47 Å². The van der Waals surface area contributed by atoms with Crippen molar-refractivity contribution in [2.24, 2.45) is 0 Å². The number of hydrogen-bond acceptors (Lipinski definition) is 2. The topological polar surface area (TPSA) is 32.0 Å². The summed E-state index contributed by atoms with van der Waals surface area (Å²) in [6, 6.07) is 56.6. The fourth-order valence-corrected chi connectivity index (χ4v) is 8.20. The average molecular weight is 638 g/mol. The average Bonchev–Trinajstić information content (AvgIpc) is 3.52. The zero-order valence-electron chi connectivity index (χ0n) is 27.3. The van der Waals surface area contributed by atoms with Gasteiger partial charge in [0.05, 0.1) is 22.8 Å². The molecule has 10 rings (SSSR count). The lowest BCUT2D eigenvalue weighted by molar-refractivity contribution is 0.968. The van der Waals surface area contributed by atoms with Crippen LogP contribution in [0.2, 0.25) is 0 Å².